The first-order valence-corrected chi connectivity index (χ1v) is 13.3. The van der Waals surface area contributed by atoms with E-state index in [-0.39, 0.29) is 5.91 Å². The summed E-state index contributed by atoms with van der Waals surface area (Å²) in [6, 6.07) is 25.3. The zero-order valence-corrected chi connectivity index (χ0v) is 21.8. The van der Waals surface area contributed by atoms with Crippen molar-refractivity contribution in [1.29, 1.82) is 0 Å². The molecule has 0 atom stereocenters. The number of amides is 1. The molecule has 1 aliphatic rings. The Bertz CT molecular complexity index is 1540. The molecule has 2 aromatic heterocycles. The average molecular weight is 504 g/mol. The van der Waals surface area contributed by atoms with Gasteiger partial charge in [-0.1, -0.05) is 72.8 Å². The maximum atomic E-state index is 13.9. The Balaban J connectivity index is 1.33. The number of benzene rings is 3. The predicted octanol–water partition coefficient (Wildman–Crippen LogP) is 5.18. The highest BCUT2D eigenvalue weighted by atomic mass is 16.2. The molecule has 0 radical (unpaired) electrons. The highest BCUT2D eigenvalue weighted by Gasteiger charge is 2.25. The molecule has 5 aromatic rings. The SMILES string of the molecule is CN1CCN(C(=O)c2cn(Cc3cncn3CCc3ccccc3)cc2-c2cccc3ccccc23)CC1. The Hall–Kier alpha value is -4.16. The van der Waals surface area contributed by atoms with E-state index in [4.69, 9.17) is 0 Å². The highest BCUT2D eigenvalue weighted by Crippen LogP contribution is 2.33. The summed E-state index contributed by atoms with van der Waals surface area (Å²) in [5.74, 6) is 0.109. The number of carbonyl (C=O) groups excluding carboxylic acids is 1. The summed E-state index contributed by atoms with van der Waals surface area (Å²) >= 11 is 0. The molecule has 6 rings (SSSR count). The van der Waals surface area contributed by atoms with Gasteiger partial charge in [0.15, 0.2) is 0 Å². The zero-order valence-electron chi connectivity index (χ0n) is 21.8. The minimum atomic E-state index is 0.109. The van der Waals surface area contributed by atoms with E-state index < -0.39 is 0 Å². The summed E-state index contributed by atoms with van der Waals surface area (Å²) in [6.07, 6.45) is 8.96. The van der Waals surface area contributed by atoms with Crippen molar-refractivity contribution in [2.45, 2.75) is 19.5 Å². The predicted molar refractivity (Wildman–Crippen MR) is 152 cm³/mol. The molecule has 0 aliphatic carbocycles. The van der Waals surface area contributed by atoms with Crippen LogP contribution in [0.4, 0.5) is 0 Å². The van der Waals surface area contributed by atoms with Gasteiger partial charge >= 0.3 is 0 Å². The molecule has 0 N–H and O–H groups in total. The Morgan fingerprint density at radius 1 is 0.842 bits per heavy atom. The van der Waals surface area contributed by atoms with Crippen LogP contribution < -0.4 is 0 Å². The molecule has 38 heavy (non-hydrogen) atoms. The number of aryl methyl sites for hydroxylation is 2. The summed E-state index contributed by atoms with van der Waals surface area (Å²) in [5.41, 5.74) is 5.28. The summed E-state index contributed by atoms with van der Waals surface area (Å²) in [5, 5.41) is 2.34. The van der Waals surface area contributed by atoms with Crippen LogP contribution in [0.25, 0.3) is 21.9 Å². The molecule has 192 valence electrons. The summed E-state index contributed by atoms with van der Waals surface area (Å²) in [7, 11) is 2.11. The normalized spacial score (nSPS) is 14.3. The standard InChI is InChI=1S/C32H33N5O/c1-34-16-18-36(19-17-34)32(38)31-23-35(22-30(31)29-13-7-11-26-10-5-6-12-28(26)29)21-27-20-33-24-37(27)15-14-25-8-3-2-4-9-25/h2-13,20,22-24H,14-19,21H2,1H3. The van der Waals surface area contributed by atoms with E-state index in [1.54, 1.807) is 0 Å². The van der Waals surface area contributed by atoms with Gasteiger partial charge in [0.25, 0.3) is 5.91 Å². The Kier molecular flexibility index (Phi) is 6.80. The molecule has 6 heteroatoms. The molecule has 3 heterocycles. The lowest BCUT2D eigenvalue weighted by atomic mass is 9.97. The van der Waals surface area contributed by atoms with Gasteiger partial charge < -0.3 is 18.9 Å². The second kappa shape index (κ2) is 10.7. The number of aromatic nitrogens is 3. The molecular formula is C32H33N5O. The third kappa shape index (κ3) is 5.00. The Morgan fingerprint density at radius 3 is 2.45 bits per heavy atom. The molecule has 1 amide bonds. The van der Waals surface area contributed by atoms with Gasteiger partial charge in [-0.05, 0) is 35.4 Å². The number of hydrogen-bond donors (Lipinski definition) is 0. The van der Waals surface area contributed by atoms with Gasteiger partial charge in [-0.2, -0.15) is 0 Å². The number of fused-ring (bicyclic) bond motifs is 1. The van der Waals surface area contributed by atoms with E-state index in [1.165, 1.54) is 10.9 Å². The van der Waals surface area contributed by atoms with Crippen LogP contribution in [0.3, 0.4) is 0 Å². The van der Waals surface area contributed by atoms with E-state index in [0.717, 1.165) is 66.9 Å². The number of carbonyl (C=O) groups is 1. The van der Waals surface area contributed by atoms with Crippen molar-refractivity contribution in [3.05, 3.63) is 115 Å². The van der Waals surface area contributed by atoms with Crippen LogP contribution in [0.5, 0.6) is 0 Å². The van der Waals surface area contributed by atoms with Crippen LogP contribution in [0.15, 0.2) is 97.7 Å². The van der Waals surface area contributed by atoms with E-state index in [2.05, 4.69) is 99.0 Å². The summed E-state index contributed by atoms with van der Waals surface area (Å²) in [4.78, 5) is 22.6. The molecule has 0 unspecified atom stereocenters. The van der Waals surface area contributed by atoms with Crippen LogP contribution >= 0.6 is 0 Å². The molecule has 0 bridgehead atoms. The first-order chi connectivity index (χ1) is 18.7. The van der Waals surface area contributed by atoms with Crippen LogP contribution in [-0.2, 0) is 19.5 Å². The maximum absolute atomic E-state index is 13.9. The molecule has 3 aromatic carbocycles. The number of likely N-dealkylation sites (N-methyl/N-ethyl adjacent to an activating group) is 1. The van der Waals surface area contributed by atoms with Gasteiger partial charge in [0.1, 0.15) is 0 Å². The van der Waals surface area contributed by atoms with Crippen molar-refractivity contribution in [2.24, 2.45) is 0 Å². The van der Waals surface area contributed by atoms with Gasteiger partial charge in [0, 0.05) is 56.9 Å². The van der Waals surface area contributed by atoms with Gasteiger partial charge in [-0.15, -0.1) is 0 Å². The van der Waals surface area contributed by atoms with E-state index in [0.29, 0.717) is 6.54 Å². The van der Waals surface area contributed by atoms with Crippen LogP contribution in [-0.4, -0.2) is 63.1 Å². The van der Waals surface area contributed by atoms with Crippen molar-refractivity contribution >= 4 is 16.7 Å². The number of rotatable bonds is 7. The molecule has 0 spiro atoms. The van der Waals surface area contributed by atoms with E-state index in [1.807, 2.05) is 29.7 Å². The van der Waals surface area contributed by atoms with Crippen molar-refractivity contribution in [3.8, 4) is 11.1 Å². The molecule has 0 saturated carbocycles. The van der Waals surface area contributed by atoms with Crippen LogP contribution in [0, 0.1) is 0 Å². The van der Waals surface area contributed by atoms with Crippen LogP contribution in [0.1, 0.15) is 21.6 Å². The average Bonchev–Trinajstić information content (AvgIpc) is 3.59. The zero-order chi connectivity index (χ0) is 25.9. The topological polar surface area (TPSA) is 46.3 Å². The van der Waals surface area contributed by atoms with Crippen molar-refractivity contribution in [2.75, 3.05) is 33.2 Å². The van der Waals surface area contributed by atoms with Gasteiger partial charge in [0.05, 0.1) is 24.1 Å². The second-order valence-electron chi connectivity index (χ2n) is 10.2. The lowest BCUT2D eigenvalue weighted by molar-refractivity contribution is 0.0665. The first-order valence-electron chi connectivity index (χ1n) is 13.3. The smallest absolute Gasteiger partial charge is 0.256 e. The van der Waals surface area contributed by atoms with Crippen molar-refractivity contribution in [1.82, 2.24) is 23.9 Å². The minimum absolute atomic E-state index is 0.109. The molecule has 1 saturated heterocycles. The fourth-order valence-corrected chi connectivity index (χ4v) is 5.39. The highest BCUT2D eigenvalue weighted by molar-refractivity contribution is 6.06. The second-order valence-corrected chi connectivity index (χ2v) is 10.2. The molecule has 1 aliphatic heterocycles. The number of piperazine rings is 1. The summed E-state index contributed by atoms with van der Waals surface area (Å²) in [6.45, 7) is 4.82. The third-order valence-corrected chi connectivity index (χ3v) is 7.61. The quantitative estimate of drug-likeness (QED) is 0.307. The number of hydrogen-bond acceptors (Lipinski definition) is 3. The van der Waals surface area contributed by atoms with Crippen molar-refractivity contribution < 1.29 is 4.79 Å². The maximum Gasteiger partial charge on any atom is 0.256 e. The fourth-order valence-electron chi connectivity index (χ4n) is 5.39. The molecular weight excluding hydrogens is 470 g/mol. The fraction of sp³-hybridized carbons (Fsp3) is 0.250. The summed E-state index contributed by atoms with van der Waals surface area (Å²) < 4.78 is 4.36. The van der Waals surface area contributed by atoms with E-state index >= 15 is 0 Å². The molecule has 1 fully saturated rings. The van der Waals surface area contributed by atoms with Gasteiger partial charge in [-0.3, -0.25) is 4.79 Å². The number of imidazole rings is 1. The largest absolute Gasteiger partial charge is 0.347 e. The van der Waals surface area contributed by atoms with E-state index in [9.17, 15) is 4.79 Å². The van der Waals surface area contributed by atoms with Gasteiger partial charge in [0.2, 0.25) is 0 Å². The Morgan fingerprint density at radius 2 is 1.61 bits per heavy atom. The monoisotopic (exact) mass is 503 g/mol. The van der Waals surface area contributed by atoms with Crippen LogP contribution in [0.2, 0.25) is 0 Å². The van der Waals surface area contributed by atoms with Crippen molar-refractivity contribution in [3.63, 3.8) is 0 Å². The lowest BCUT2D eigenvalue weighted by Gasteiger charge is -2.32. The minimum Gasteiger partial charge on any atom is -0.347 e. The lowest BCUT2D eigenvalue weighted by Crippen LogP contribution is -2.47. The first kappa shape index (κ1) is 24.2. The number of nitrogens with zero attached hydrogens (tertiary/aromatic N) is 5. The van der Waals surface area contributed by atoms with Gasteiger partial charge in [-0.25, -0.2) is 4.98 Å². The third-order valence-electron chi connectivity index (χ3n) is 7.61. The Labute approximate surface area is 223 Å². The molecule has 6 nitrogen and oxygen atoms in total.